The van der Waals surface area contributed by atoms with Gasteiger partial charge in [0, 0.05) is 11.1 Å². The molecule has 0 aromatic heterocycles. The molecule has 1 fully saturated rings. The Labute approximate surface area is 109 Å². The van der Waals surface area contributed by atoms with Crippen molar-refractivity contribution >= 4 is 23.0 Å². The van der Waals surface area contributed by atoms with Gasteiger partial charge in [-0.25, -0.2) is 0 Å². The molecule has 0 bridgehead atoms. The van der Waals surface area contributed by atoms with E-state index in [2.05, 4.69) is 19.2 Å². The molecule has 2 unspecified atom stereocenters. The highest BCUT2D eigenvalue weighted by molar-refractivity contribution is 6.31. The minimum atomic E-state index is 0.539. The Bertz CT molecular complexity index is 382. The van der Waals surface area contributed by atoms with Gasteiger partial charge in [-0.3, -0.25) is 0 Å². The standard InChI is InChI=1S/C14H21ClN2/c1-9-5-10(2)7-12(6-9)17-14-4-3-11(15)8-13(14)16/h3-4,8-10,12,17H,5-7,16H2,1-2H3. The highest BCUT2D eigenvalue weighted by Gasteiger charge is 2.23. The zero-order valence-electron chi connectivity index (χ0n) is 10.5. The molecule has 1 aliphatic rings. The lowest BCUT2D eigenvalue weighted by atomic mass is 9.80. The summed E-state index contributed by atoms with van der Waals surface area (Å²) < 4.78 is 0. The molecule has 2 nitrogen and oxygen atoms in total. The number of nitrogens with one attached hydrogen (secondary N) is 1. The largest absolute Gasteiger partial charge is 0.397 e. The van der Waals surface area contributed by atoms with E-state index in [1.54, 1.807) is 6.07 Å². The SMILES string of the molecule is CC1CC(C)CC(Nc2ccc(Cl)cc2N)C1. The second-order valence-electron chi connectivity index (χ2n) is 5.49. The molecule has 0 saturated heterocycles. The predicted molar refractivity (Wildman–Crippen MR) is 75.5 cm³/mol. The zero-order valence-corrected chi connectivity index (χ0v) is 11.3. The number of benzene rings is 1. The second kappa shape index (κ2) is 5.18. The molecule has 1 aromatic carbocycles. The fourth-order valence-corrected chi connectivity index (χ4v) is 3.13. The summed E-state index contributed by atoms with van der Waals surface area (Å²) in [6.45, 7) is 4.66. The molecule has 2 atom stereocenters. The molecule has 0 amide bonds. The highest BCUT2D eigenvalue weighted by Crippen LogP contribution is 2.32. The number of halogens is 1. The van der Waals surface area contributed by atoms with Crippen molar-refractivity contribution in [2.45, 2.75) is 39.2 Å². The molecule has 0 aliphatic heterocycles. The van der Waals surface area contributed by atoms with Gasteiger partial charge in [0.25, 0.3) is 0 Å². The molecule has 1 aliphatic carbocycles. The fourth-order valence-electron chi connectivity index (χ4n) is 2.95. The van der Waals surface area contributed by atoms with Crippen LogP contribution in [-0.4, -0.2) is 6.04 Å². The third-order valence-electron chi connectivity index (χ3n) is 3.55. The summed E-state index contributed by atoms with van der Waals surface area (Å²) in [5.41, 5.74) is 7.71. The molecule has 0 spiro atoms. The Morgan fingerprint density at radius 3 is 2.41 bits per heavy atom. The summed E-state index contributed by atoms with van der Waals surface area (Å²) in [5, 5.41) is 4.25. The molecule has 0 radical (unpaired) electrons. The van der Waals surface area contributed by atoms with Crippen molar-refractivity contribution < 1.29 is 0 Å². The van der Waals surface area contributed by atoms with Gasteiger partial charge in [0.05, 0.1) is 11.4 Å². The Morgan fingerprint density at radius 2 is 1.82 bits per heavy atom. The van der Waals surface area contributed by atoms with E-state index >= 15 is 0 Å². The number of nitrogens with two attached hydrogens (primary N) is 1. The van der Waals surface area contributed by atoms with Crippen molar-refractivity contribution in [3.8, 4) is 0 Å². The van der Waals surface area contributed by atoms with Crippen LogP contribution in [-0.2, 0) is 0 Å². The first-order valence-corrected chi connectivity index (χ1v) is 6.74. The summed E-state index contributed by atoms with van der Waals surface area (Å²) >= 11 is 5.90. The minimum absolute atomic E-state index is 0.539. The van der Waals surface area contributed by atoms with Gasteiger partial charge in [0.1, 0.15) is 0 Å². The van der Waals surface area contributed by atoms with E-state index in [1.165, 1.54) is 19.3 Å². The van der Waals surface area contributed by atoms with Gasteiger partial charge in [-0.15, -0.1) is 0 Å². The van der Waals surface area contributed by atoms with E-state index in [-0.39, 0.29) is 0 Å². The average Bonchev–Trinajstić information content (AvgIpc) is 2.21. The van der Waals surface area contributed by atoms with Crippen molar-refractivity contribution in [3.63, 3.8) is 0 Å². The van der Waals surface area contributed by atoms with Gasteiger partial charge < -0.3 is 11.1 Å². The number of rotatable bonds is 2. The van der Waals surface area contributed by atoms with Crippen molar-refractivity contribution in [3.05, 3.63) is 23.2 Å². The monoisotopic (exact) mass is 252 g/mol. The first-order valence-electron chi connectivity index (χ1n) is 6.36. The van der Waals surface area contributed by atoms with Crippen LogP contribution in [0.15, 0.2) is 18.2 Å². The van der Waals surface area contributed by atoms with E-state index in [4.69, 9.17) is 17.3 Å². The van der Waals surface area contributed by atoms with E-state index in [9.17, 15) is 0 Å². The molecule has 3 heteroatoms. The van der Waals surface area contributed by atoms with Crippen LogP contribution in [0.5, 0.6) is 0 Å². The van der Waals surface area contributed by atoms with E-state index in [0.717, 1.165) is 23.2 Å². The Balaban J connectivity index is 2.04. The maximum atomic E-state index is 5.96. The van der Waals surface area contributed by atoms with Crippen molar-refractivity contribution in [1.29, 1.82) is 0 Å². The van der Waals surface area contributed by atoms with E-state index < -0.39 is 0 Å². The zero-order chi connectivity index (χ0) is 12.4. The maximum Gasteiger partial charge on any atom is 0.0577 e. The fraction of sp³-hybridized carbons (Fsp3) is 0.571. The summed E-state index contributed by atoms with van der Waals surface area (Å²) in [5.74, 6) is 1.59. The second-order valence-corrected chi connectivity index (χ2v) is 5.93. The molecule has 3 N–H and O–H groups in total. The predicted octanol–water partition coefficient (Wildman–Crippen LogP) is 4.16. The third-order valence-corrected chi connectivity index (χ3v) is 3.79. The lowest BCUT2D eigenvalue weighted by Gasteiger charge is -2.32. The topological polar surface area (TPSA) is 38.0 Å². The van der Waals surface area contributed by atoms with Gasteiger partial charge >= 0.3 is 0 Å². The summed E-state index contributed by atoms with van der Waals surface area (Å²) in [6, 6.07) is 6.20. The Kier molecular flexibility index (Phi) is 3.82. The van der Waals surface area contributed by atoms with Gasteiger partial charge in [-0.05, 0) is 49.3 Å². The van der Waals surface area contributed by atoms with Crippen molar-refractivity contribution in [2.75, 3.05) is 11.1 Å². The van der Waals surface area contributed by atoms with E-state index in [1.807, 2.05) is 12.1 Å². The minimum Gasteiger partial charge on any atom is -0.397 e. The summed E-state index contributed by atoms with van der Waals surface area (Å²) in [6.07, 6.45) is 3.80. The smallest absolute Gasteiger partial charge is 0.0577 e. The normalized spacial score (nSPS) is 29.0. The van der Waals surface area contributed by atoms with Crippen molar-refractivity contribution in [1.82, 2.24) is 0 Å². The Hall–Kier alpha value is -0.890. The van der Waals surface area contributed by atoms with Crippen LogP contribution >= 0.6 is 11.6 Å². The number of anilines is 2. The van der Waals surface area contributed by atoms with E-state index in [0.29, 0.717) is 11.1 Å². The lowest BCUT2D eigenvalue weighted by molar-refractivity contribution is 0.281. The highest BCUT2D eigenvalue weighted by atomic mass is 35.5. The summed E-state index contributed by atoms with van der Waals surface area (Å²) in [7, 11) is 0. The van der Waals surface area contributed by atoms with Crippen LogP contribution < -0.4 is 11.1 Å². The van der Waals surface area contributed by atoms with Crippen LogP contribution in [0.1, 0.15) is 33.1 Å². The first-order chi connectivity index (χ1) is 8.04. The first kappa shape index (κ1) is 12.6. The summed E-state index contributed by atoms with van der Waals surface area (Å²) in [4.78, 5) is 0. The van der Waals surface area contributed by atoms with Crippen LogP contribution in [0.4, 0.5) is 11.4 Å². The maximum absolute atomic E-state index is 5.96. The van der Waals surface area contributed by atoms with Gasteiger partial charge in [0.2, 0.25) is 0 Å². The number of hydrogen-bond donors (Lipinski definition) is 2. The van der Waals surface area contributed by atoms with Crippen molar-refractivity contribution in [2.24, 2.45) is 11.8 Å². The molecule has 94 valence electrons. The lowest BCUT2D eigenvalue weighted by Crippen LogP contribution is -2.30. The molecule has 0 heterocycles. The molecule has 1 saturated carbocycles. The quantitative estimate of drug-likeness (QED) is 0.776. The molecule has 1 aromatic rings. The van der Waals surface area contributed by atoms with Crippen LogP contribution in [0, 0.1) is 11.8 Å². The molecular weight excluding hydrogens is 232 g/mol. The van der Waals surface area contributed by atoms with Crippen LogP contribution in [0.3, 0.4) is 0 Å². The van der Waals surface area contributed by atoms with Gasteiger partial charge in [-0.1, -0.05) is 25.4 Å². The molecular formula is C14H21ClN2. The van der Waals surface area contributed by atoms with Crippen LogP contribution in [0.2, 0.25) is 5.02 Å². The third kappa shape index (κ3) is 3.29. The van der Waals surface area contributed by atoms with Gasteiger partial charge in [0.15, 0.2) is 0 Å². The Morgan fingerprint density at radius 1 is 1.18 bits per heavy atom. The molecule has 2 rings (SSSR count). The van der Waals surface area contributed by atoms with Crippen LogP contribution in [0.25, 0.3) is 0 Å². The number of hydrogen-bond acceptors (Lipinski definition) is 2. The average molecular weight is 253 g/mol. The molecule has 17 heavy (non-hydrogen) atoms. The van der Waals surface area contributed by atoms with Gasteiger partial charge in [-0.2, -0.15) is 0 Å². The number of nitrogen functional groups attached to an aromatic ring is 1.